The Morgan fingerprint density at radius 2 is 1.86 bits per heavy atom. The maximum absolute atomic E-state index is 11.1. The quantitative estimate of drug-likeness (QED) is 0.734. The molecule has 5 heteroatoms. The minimum absolute atomic E-state index is 0.0963. The summed E-state index contributed by atoms with van der Waals surface area (Å²) in [6.07, 6.45) is 0. The van der Waals surface area contributed by atoms with Crippen LogP contribution in [0.25, 0.3) is 0 Å². The summed E-state index contributed by atoms with van der Waals surface area (Å²) >= 11 is 0. The highest BCUT2D eigenvalue weighted by molar-refractivity contribution is 7.85. The monoisotopic (exact) mass is 219 g/mol. The minimum atomic E-state index is -0.771. The number of carboxylic acid groups (broad SMARTS) is 1. The molecule has 0 aliphatic carbocycles. The summed E-state index contributed by atoms with van der Waals surface area (Å²) in [7, 11) is -0.738. The molecule has 1 rings (SSSR count). The Balaban J connectivity index is 2.61. The van der Waals surface area contributed by atoms with Crippen molar-refractivity contribution in [3.8, 4) is 0 Å². The fourth-order valence-electron chi connectivity index (χ4n) is 1.79. The molecular formula is C9H17NO3S. The van der Waals surface area contributed by atoms with Gasteiger partial charge < -0.3 is 5.11 Å². The van der Waals surface area contributed by atoms with E-state index in [1.165, 1.54) is 0 Å². The fraction of sp³-hybridized carbons (Fsp3) is 0.889. The number of hydrogen-bond donors (Lipinski definition) is 1. The normalized spacial score (nSPS) is 22.5. The molecule has 1 fully saturated rings. The summed E-state index contributed by atoms with van der Waals surface area (Å²) in [5, 5.41) is 9.04. The number of carbonyl (C=O) groups is 1. The lowest BCUT2D eigenvalue weighted by molar-refractivity contribution is -0.144. The number of aliphatic carboxylic acids is 1. The van der Waals surface area contributed by atoms with Crippen molar-refractivity contribution in [3.05, 3.63) is 0 Å². The highest BCUT2D eigenvalue weighted by atomic mass is 32.2. The van der Waals surface area contributed by atoms with E-state index in [1.807, 2.05) is 18.7 Å². The second-order valence-electron chi connectivity index (χ2n) is 3.91. The molecule has 1 aliphatic rings. The molecular weight excluding hydrogens is 202 g/mol. The lowest BCUT2D eigenvalue weighted by Crippen LogP contribution is -2.50. The third-order valence-electron chi connectivity index (χ3n) is 2.49. The SMILES string of the molecule is CC(C)C(C(=O)O)N1CCS(=O)CC1. The van der Waals surface area contributed by atoms with Gasteiger partial charge in [0, 0.05) is 35.4 Å². The fourth-order valence-corrected chi connectivity index (χ4v) is 2.87. The van der Waals surface area contributed by atoms with Crippen molar-refractivity contribution < 1.29 is 14.1 Å². The van der Waals surface area contributed by atoms with Crippen LogP contribution in [0.15, 0.2) is 0 Å². The first-order valence-electron chi connectivity index (χ1n) is 4.84. The molecule has 1 saturated heterocycles. The van der Waals surface area contributed by atoms with Gasteiger partial charge in [0.1, 0.15) is 6.04 Å². The Morgan fingerprint density at radius 1 is 1.36 bits per heavy atom. The van der Waals surface area contributed by atoms with Crippen LogP contribution in [0, 0.1) is 5.92 Å². The molecule has 0 aromatic carbocycles. The summed E-state index contributed by atoms with van der Waals surface area (Å²) in [5.41, 5.74) is 0. The highest BCUT2D eigenvalue weighted by Crippen LogP contribution is 2.13. The van der Waals surface area contributed by atoms with Crippen LogP contribution in [-0.2, 0) is 15.6 Å². The van der Waals surface area contributed by atoms with Gasteiger partial charge in [-0.15, -0.1) is 0 Å². The molecule has 0 radical (unpaired) electrons. The molecule has 0 saturated carbocycles. The van der Waals surface area contributed by atoms with Crippen molar-refractivity contribution in [2.75, 3.05) is 24.6 Å². The summed E-state index contributed by atoms with van der Waals surface area (Å²) < 4.78 is 11.1. The van der Waals surface area contributed by atoms with E-state index in [2.05, 4.69) is 0 Å². The molecule has 1 heterocycles. The molecule has 0 spiro atoms. The van der Waals surface area contributed by atoms with Crippen LogP contribution < -0.4 is 0 Å². The third-order valence-corrected chi connectivity index (χ3v) is 3.77. The molecule has 1 atom stereocenters. The molecule has 1 N–H and O–H groups in total. The molecule has 1 aliphatic heterocycles. The van der Waals surface area contributed by atoms with Crippen molar-refractivity contribution in [3.63, 3.8) is 0 Å². The standard InChI is InChI=1S/C9H17NO3S/c1-7(2)8(9(11)12)10-3-5-14(13)6-4-10/h7-8H,3-6H2,1-2H3,(H,11,12). The Kier molecular flexibility index (Phi) is 4.07. The Labute approximate surface area is 86.7 Å². The van der Waals surface area contributed by atoms with Crippen molar-refractivity contribution in [1.82, 2.24) is 4.90 Å². The summed E-state index contributed by atoms with van der Waals surface area (Å²) in [6, 6.07) is -0.424. The lowest BCUT2D eigenvalue weighted by Gasteiger charge is -2.33. The average Bonchev–Trinajstić information content (AvgIpc) is 2.07. The molecule has 82 valence electrons. The van der Waals surface area contributed by atoms with Crippen molar-refractivity contribution in [2.24, 2.45) is 5.92 Å². The molecule has 1 unspecified atom stereocenters. The Hall–Kier alpha value is -0.420. The summed E-state index contributed by atoms with van der Waals surface area (Å²) in [4.78, 5) is 12.9. The van der Waals surface area contributed by atoms with E-state index in [9.17, 15) is 9.00 Å². The van der Waals surface area contributed by atoms with Gasteiger partial charge in [-0.3, -0.25) is 13.9 Å². The van der Waals surface area contributed by atoms with Gasteiger partial charge in [0.15, 0.2) is 0 Å². The van der Waals surface area contributed by atoms with Gasteiger partial charge in [0.25, 0.3) is 0 Å². The molecule has 14 heavy (non-hydrogen) atoms. The van der Waals surface area contributed by atoms with Crippen molar-refractivity contribution in [1.29, 1.82) is 0 Å². The maximum Gasteiger partial charge on any atom is 0.321 e. The van der Waals surface area contributed by atoms with Crippen LogP contribution in [0.3, 0.4) is 0 Å². The predicted octanol–water partition coefficient (Wildman–Crippen LogP) is 0.160. The van der Waals surface area contributed by atoms with Crippen LogP contribution in [0.5, 0.6) is 0 Å². The highest BCUT2D eigenvalue weighted by Gasteiger charge is 2.30. The van der Waals surface area contributed by atoms with Gasteiger partial charge in [0.05, 0.1) is 0 Å². The van der Waals surface area contributed by atoms with E-state index in [0.29, 0.717) is 24.6 Å². The van der Waals surface area contributed by atoms with Crippen LogP contribution in [0.4, 0.5) is 0 Å². The molecule has 4 nitrogen and oxygen atoms in total. The van der Waals surface area contributed by atoms with Gasteiger partial charge in [0.2, 0.25) is 0 Å². The molecule has 0 aromatic heterocycles. The second-order valence-corrected chi connectivity index (χ2v) is 5.61. The second kappa shape index (κ2) is 4.89. The first kappa shape index (κ1) is 11.7. The van der Waals surface area contributed by atoms with Gasteiger partial charge in [-0.2, -0.15) is 0 Å². The smallest absolute Gasteiger partial charge is 0.321 e. The number of carboxylic acids is 1. The first-order chi connectivity index (χ1) is 6.52. The molecule has 0 amide bonds. The van der Waals surface area contributed by atoms with E-state index in [-0.39, 0.29) is 5.92 Å². The van der Waals surface area contributed by atoms with E-state index in [1.54, 1.807) is 0 Å². The van der Waals surface area contributed by atoms with Gasteiger partial charge in [-0.1, -0.05) is 13.8 Å². The van der Waals surface area contributed by atoms with Crippen LogP contribution in [-0.4, -0.2) is 50.8 Å². The summed E-state index contributed by atoms with van der Waals surface area (Å²) in [5.74, 6) is 0.541. The Morgan fingerprint density at radius 3 is 2.21 bits per heavy atom. The number of hydrogen-bond acceptors (Lipinski definition) is 3. The maximum atomic E-state index is 11.1. The lowest BCUT2D eigenvalue weighted by atomic mass is 10.0. The van der Waals surface area contributed by atoms with E-state index in [0.717, 1.165) is 0 Å². The topological polar surface area (TPSA) is 57.6 Å². The summed E-state index contributed by atoms with van der Waals surface area (Å²) in [6.45, 7) is 5.10. The van der Waals surface area contributed by atoms with Gasteiger partial charge in [-0.25, -0.2) is 0 Å². The number of rotatable bonds is 3. The Bertz CT molecular complexity index is 232. The minimum Gasteiger partial charge on any atom is -0.480 e. The molecule has 0 bridgehead atoms. The van der Waals surface area contributed by atoms with E-state index >= 15 is 0 Å². The third kappa shape index (κ3) is 2.78. The van der Waals surface area contributed by atoms with E-state index < -0.39 is 22.8 Å². The first-order valence-corrected chi connectivity index (χ1v) is 6.33. The zero-order valence-electron chi connectivity index (χ0n) is 8.60. The zero-order chi connectivity index (χ0) is 10.7. The van der Waals surface area contributed by atoms with Crippen LogP contribution in [0.2, 0.25) is 0 Å². The van der Waals surface area contributed by atoms with E-state index in [4.69, 9.17) is 5.11 Å². The zero-order valence-corrected chi connectivity index (χ0v) is 9.42. The van der Waals surface area contributed by atoms with Crippen LogP contribution >= 0.6 is 0 Å². The largest absolute Gasteiger partial charge is 0.480 e. The van der Waals surface area contributed by atoms with Crippen LogP contribution in [0.1, 0.15) is 13.8 Å². The van der Waals surface area contributed by atoms with Crippen molar-refractivity contribution >= 4 is 16.8 Å². The van der Waals surface area contributed by atoms with Gasteiger partial charge in [-0.05, 0) is 5.92 Å². The van der Waals surface area contributed by atoms with Crippen molar-refractivity contribution in [2.45, 2.75) is 19.9 Å². The number of nitrogens with zero attached hydrogens (tertiary/aromatic N) is 1. The van der Waals surface area contributed by atoms with Gasteiger partial charge >= 0.3 is 5.97 Å². The predicted molar refractivity (Wildman–Crippen MR) is 55.7 cm³/mol. The molecule has 0 aromatic rings. The average molecular weight is 219 g/mol.